The molecule has 58 heavy (non-hydrogen) atoms. The van der Waals surface area contributed by atoms with Gasteiger partial charge >= 0.3 is 5.97 Å². The van der Waals surface area contributed by atoms with Crippen molar-refractivity contribution >= 4 is 63.0 Å². The van der Waals surface area contributed by atoms with E-state index in [1.54, 1.807) is 0 Å². The number of carboxylic acids is 1. The quantitative estimate of drug-likeness (QED) is 0.0518. The van der Waals surface area contributed by atoms with Crippen molar-refractivity contribution in [2.24, 2.45) is 35.3 Å². The highest BCUT2D eigenvalue weighted by Gasteiger charge is 2.35. The van der Waals surface area contributed by atoms with E-state index >= 15 is 0 Å². The van der Waals surface area contributed by atoms with Crippen LogP contribution in [0.25, 0.3) is 0 Å². The molecule has 1 saturated heterocycles. The molecule has 17 nitrogen and oxygen atoms in total. The summed E-state index contributed by atoms with van der Waals surface area (Å²) in [6.07, 6.45) is 0.114. The first kappa shape index (κ1) is 52.9. The summed E-state index contributed by atoms with van der Waals surface area (Å²) in [4.78, 5) is 89.6. The fourth-order valence-corrected chi connectivity index (χ4v) is 9.05. The standard InChI is InChI=1S/C39H71N7O10S2/c1-21(2)9-25(41-33(49)12-27(17-47)43-36(52)15-30(40)23(5)6)11-35(51)45-32-20-58-57-19-29(32)39(56)46-31(24(7)8)16-37(53)44-28(18-48)13-34(50)42-26(10-22(3)4)14-38(54)55/h21-32,47-48H,9-20,40H2,1-8H3,(H,41,49)(H,42,50)(H,43,52)(H,44,53)(H,45,51)(H,46,56)(H,54,55)/t25-,26-,27+,28+,29-,30+,31+,32-/m0/s1. The first-order valence-electron chi connectivity index (χ1n) is 20.3. The number of aliphatic hydroxyl groups excluding tert-OH is 2. The molecular formula is C39H71N7O10S2. The number of hydrogen-bond acceptors (Lipinski definition) is 12. The molecule has 0 aromatic heterocycles. The second-order valence-corrected chi connectivity index (χ2v) is 19.5. The van der Waals surface area contributed by atoms with Crippen molar-refractivity contribution in [1.82, 2.24) is 31.9 Å². The Morgan fingerprint density at radius 2 is 1.00 bits per heavy atom. The Morgan fingerprint density at radius 3 is 1.45 bits per heavy atom. The second kappa shape index (κ2) is 27.6. The van der Waals surface area contributed by atoms with E-state index in [2.05, 4.69) is 31.9 Å². The summed E-state index contributed by atoms with van der Waals surface area (Å²) in [5.74, 6) is -3.11. The molecule has 1 aliphatic rings. The molecule has 0 unspecified atom stereocenters. The molecule has 1 heterocycles. The van der Waals surface area contributed by atoms with Crippen LogP contribution in [0.1, 0.15) is 107 Å². The zero-order chi connectivity index (χ0) is 44.1. The van der Waals surface area contributed by atoms with Gasteiger partial charge in [0.1, 0.15) is 0 Å². The lowest BCUT2D eigenvalue weighted by Gasteiger charge is -2.33. The third-order valence-corrected chi connectivity index (χ3v) is 12.2. The molecule has 0 aliphatic carbocycles. The van der Waals surface area contributed by atoms with Crippen molar-refractivity contribution in [3.63, 3.8) is 0 Å². The molecule has 6 amide bonds. The van der Waals surface area contributed by atoms with Gasteiger partial charge in [0.15, 0.2) is 0 Å². The van der Waals surface area contributed by atoms with Crippen LogP contribution in [-0.2, 0) is 33.6 Å². The molecule has 334 valence electrons. The lowest BCUT2D eigenvalue weighted by molar-refractivity contribution is -0.138. The molecule has 19 heteroatoms. The molecule has 1 aliphatic heterocycles. The van der Waals surface area contributed by atoms with Crippen molar-refractivity contribution in [3.8, 4) is 0 Å². The molecule has 0 saturated carbocycles. The third kappa shape index (κ3) is 22.3. The van der Waals surface area contributed by atoms with Crippen LogP contribution in [0.3, 0.4) is 0 Å². The van der Waals surface area contributed by atoms with Gasteiger partial charge in [0.25, 0.3) is 0 Å². The van der Waals surface area contributed by atoms with Gasteiger partial charge in [0.05, 0.1) is 43.7 Å². The lowest BCUT2D eigenvalue weighted by Crippen LogP contribution is -2.54. The van der Waals surface area contributed by atoms with Crippen LogP contribution in [0.2, 0.25) is 0 Å². The molecule has 1 rings (SSSR count). The number of hydrogen-bond donors (Lipinski definition) is 10. The van der Waals surface area contributed by atoms with Gasteiger partial charge in [0, 0.05) is 67.8 Å². The van der Waals surface area contributed by atoms with E-state index in [9.17, 15) is 48.9 Å². The summed E-state index contributed by atoms with van der Waals surface area (Å²) >= 11 is 0. The maximum atomic E-state index is 13.7. The molecular weight excluding hydrogens is 791 g/mol. The molecule has 8 atom stereocenters. The highest BCUT2D eigenvalue weighted by Crippen LogP contribution is 2.33. The van der Waals surface area contributed by atoms with Crippen molar-refractivity contribution < 1.29 is 48.9 Å². The normalized spacial score (nSPS) is 18.7. The second-order valence-electron chi connectivity index (χ2n) is 16.9. The van der Waals surface area contributed by atoms with Crippen molar-refractivity contribution in [2.45, 2.75) is 149 Å². The van der Waals surface area contributed by atoms with Crippen LogP contribution >= 0.6 is 21.6 Å². The van der Waals surface area contributed by atoms with Gasteiger partial charge in [-0.05, 0) is 36.5 Å². The Hall–Kier alpha value is -3.13. The minimum Gasteiger partial charge on any atom is -0.481 e. The first-order chi connectivity index (χ1) is 27.1. The zero-order valence-electron chi connectivity index (χ0n) is 35.5. The van der Waals surface area contributed by atoms with E-state index in [0.29, 0.717) is 24.3 Å². The Bertz CT molecular complexity index is 1340. The Balaban J connectivity index is 2.87. The summed E-state index contributed by atoms with van der Waals surface area (Å²) in [5, 5.41) is 45.8. The number of nitrogens with one attached hydrogen (secondary N) is 6. The predicted octanol–water partition coefficient (Wildman–Crippen LogP) is 1.05. The van der Waals surface area contributed by atoms with Gasteiger partial charge in [-0.1, -0.05) is 77.0 Å². The average Bonchev–Trinajstić information content (AvgIpc) is 3.09. The fourth-order valence-electron chi connectivity index (χ4n) is 6.41. The van der Waals surface area contributed by atoms with Crippen LogP contribution in [0, 0.1) is 29.6 Å². The van der Waals surface area contributed by atoms with Gasteiger partial charge in [-0.25, -0.2) is 0 Å². The van der Waals surface area contributed by atoms with E-state index in [1.165, 1.54) is 21.6 Å². The van der Waals surface area contributed by atoms with Crippen LogP contribution < -0.4 is 37.6 Å². The largest absolute Gasteiger partial charge is 0.481 e. The van der Waals surface area contributed by atoms with Crippen LogP contribution in [0.15, 0.2) is 0 Å². The number of carboxylic acid groups (broad SMARTS) is 1. The number of aliphatic carboxylic acids is 1. The number of nitrogens with two attached hydrogens (primary N) is 1. The van der Waals surface area contributed by atoms with E-state index in [0.717, 1.165) is 0 Å². The Kier molecular flexibility index (Phi) is 25.2. The van der Waals surface area contributed by atoms with Crippen LogP contribution in [-0.4, -0.2) is 124 Å². The summed E-state index contributed by atoms with van der Waals surface area (Å²) in [6, 6.07) is -4.37. The maximum Gasteiger partial charge on any atom is 0.305 e. The first-order valence-corrected chi connectivity index (χ1v) is 22.8. The highest BCUT2D eigenvalue weighted by molar-refractivity contribution is 8.76. The Labute approximate surface area is 351 Å². The third-order valence-electron chi connectivity index (χ3n) is 9.69. The number of aliphatic hydroxyl groups is 2. The van der Waals surface area contributed by atoms with Crippen LogP contribution in [0.4, 0.5) is 0 Å². The SMILES string of the molecule is CC(C)C[C@@H](CC(=O)O)NC(=O)C[C@H](CO)NC(=O)C[C@@H](NC(=O)[C@H]1CSSC[C@@H]1NC(=O)C[C@H](CC(C)C)NC(=O)C[C@H](CO)NC(=O)C[C@@H](N)C(C)C)C(C)C. The topological polar surface area (TPSA) is 278 Å². The smallest absolute Gasteiger partial charge is 0.305 e. The maximum absolute atomic E-state index is 13.7. The van der Waals surface area contributed by atoms with Gasteiger partial charge in [-0.15, -0.1) is 0 Å². The summed E-state index contributed by atoms with van der Waals surface area (Å²) in [6.45, 7) is 14.2. The minimum absolute atomic E-state index is 0.0528. The monoisotopic (exact) mass is 861 g/mol. The number of rotatable bonds is 27. The van der Waals surface area contributed by atoms with E-state index in [1.807, 2.05) is 55.4 Å². The number of carbonyl (C=O) groups is 7. The molecule has 0 aromatic carbocycles. The van der Waals surface area contributed by atoms with Gasteiger partial charge in [-0.2, -0.15) is 0 Å². The predicted molar refractivity (Wildman–Crippen MR) is 226 cm³/mol. The van der Waals surface area contributed by atoms with Crippen molar-refractivity contribution in [3.05, 3.63) is 0 Å². The Morgan fingerprint density at radius 1 is 0.569 bits per heavy atom. The highest BCUT2D eigenvalue weighted by atomic mass is 33.1. The van der Waals surface area contributed by atoms with Crippen molar-refractivity contribution in [2.75, 3.05) is 24.7 Å². The van der Waals surface area contributed by atoms with E-state index in [-0.39, 0.29) is 86.0 Å². The fraction of sp³-hybridized carbons (Fsp3) is 0.821. The van der Waals surface area contributed by atoms with E-state index in [4.69, 9.17) is 5.73 Å². The van der Waals surface area contributed by atoms with Crippen LogP contribution in [0.5, 0.6) is 0 Å². The van der Waals surface area contributed by atoms with Gasteiger partial charge in [-0.3, -0.25) is 33.6 Å². The average molecular weight is 862 g/mol. The van der Waals surface area contributed by atoms with Gasteiger partial charge < -0.3 is 53.0 Å². The van der Waals surface area contributed by atoms with Gasteiger partial charge in [0.2, 0.25) is 35.4 Å². The molecule has 11 N–H and O–H groups in total. The summed E-state index contributed by atoms with van der Waals surface area (Å²) < 4.78 is 0. The molecule has 0 bridgehead atoms. The number of carbonyl (C=O) groups excluding carboxylic acids is 6. The molecule has 0 spiro atoms. The van der Waals surface area contributed by atoms with E-state index < -0.39 is 79.1 Å². The molecule has 0 aromatic rings. The zero-order valence-corrected chi connectivity index (χ0v) is 37.1. The summed E-state index contributed by atoms with van der Waals surface area (Å²) in [5.41, 5.74) is 5.99. The molecule has 0 radical (unpaired) electrons. The minimum atomic E-state index is -1.05. The lowest BCUT2D eigenvalue weighted by atomic mass is 9.96. The molecule has 1 fully saturated rings. The number of amides is 6. The summed E-state index contributed by atoms with van der Waals surface area (Å²) in [7, 11) is 3.02. The van der Waals surface area contributed by atoms with Crippen molar-refractivity contribution in [1.29, 1.82) is 0 Å².